The Hall–Kier alpha value is -1.89. The maximum absolute atomic E-state index is 5.61. The Labute approximate surface area is 109 Å². The SMILES string of the molecule is CC(C)Oc1nc(N)nc(Sc2ccccn2)n1. The number of nitrogens with two attached hydrogens (primary N) is 1. The molecule has 2 N–H and O–H groups in total. The first-order chi connectivity index (χ1) is 8.63. The van der Waals surface area contributed by atoms with Crippen LogP contribution in [-0.4, -0.2) is 26.0 Å². The van der Waals surface area contributed by atoms with E-state index in [-0.39, 0.29) is 18.1 Å². The lowest BCUT2D eigenvalue weighted by Gasteiger charge is -2.08. The molecule has 2 aromatic heterocycles. The van der Waals surface area contributed by atoms with Crippen molar-refractivity contribution in [2.24, 2.45) is 0 Å². The molecule has 0 amide bonds. The molecule has 0 aliphatic carbocycles. The van der Waals surface area contributed by atoms with Crippen LogP contribution in [0.25, 0.3) is 0 Å². The number of ether oxygens (including phenoxy) is 1. The second-order valence-corrected chi connectivity index (χ2v) is 4.68. The maximum Gasteiger partial charge on any atom is 0.322 e. The molecule has 2 aromatic rings. The topological polar surface area (TPSA) is 86.8 Å². The summed E-state index contributed by atoms with van der Waals surface area (Å²) in [5.41, 5.74) is 5.61. The van der Waals surface area contributed by atoms with Crippen LogP contribution in [-0.2, 0) is 0 Å². The number of pyridine rings is 1. The van der Waals surface area contributed by atoms with Crippen molar-refractivity contribution in [3.05, 3.63) is 24.4 Å². The minimum atomic E-state index is -0.0144. The predicted molar refractivity (Wildman–Crippen MR) is 68.4 cm³/mol. The van der Waals surface area contributed by atoms with Gasteiger partial charge in [0.05, 0.1) is 6.10 Å². The van der Waals surface area contributed by atoms with Gasteiger partial charge in [0.2, 0.25) is 11.1 Å². The quantitative estimate of drug-likeness (QED) is 0.899. The molecule has 0 fully saturated rings. The molecule has 94 valence electrons. The molecule has 6 nitrogen and oxygen atoms in total. The van der Waals surface area contributed by atoms with E-state index in [2.05, 4.69) is 19.9 Å². The fraction of sp³-hybridized carbons (Fsp3) is 0.273. The van der Waals surface area contributed by atoms with Crippen molar-refractivity contribution >= 4 is 17.7 Å². The van der Waals surface area contributed by atoms with Gasteiger partial charge in [0.15, 0.2) is 0 Å². The van der Waals surface area contributed by atoms with Crippen molar-refractivity contribution < 1.29 is 4.74 Å². The molecule has 7 heteroatoms. The summed E-state index contributed by atoms with van der Waals surface area (Å²) < 4.78 is 5.40. The number of aromatic nitrogens is 4. The van der Waals surface area contributed by atoms with Crippen LogP contribution in [0.2, 0.25) is 0 Å². The molecule has 0 saturated carbocycles. The van der Waals surface area contributed by atoms with Gasteiger partial charge in [-0.15, -0.1) is 0 Å². The van der Waals surface area contributed by atoms with Crippen molar-refractivity contribution in [3.8, 4) is 6.01 Å². The number of hydrogen-bond donors (Lipinski definition) is 1. The average Bonchev–Trinajstić information content (AvgIpc) is 2.28. The summed E-state index contributed by atoms with van der Waals surface area (Å²) in [5, 5.41) is 1.26. The molecule has 0 saturated heterocycles. The molecular formula is C11H13N5OS. The highest BCUT2D eigenvalue weighted by Crippen LogP contribution is 2.23. The third-order valence-corrected chi connectivity index (χ3v) is 2.60. The molecule has 0 aliphatic rings. The number of hydrogen-bond acceptors (Lipinski definition) is 7. The molecule has 18 heavy (non-hydrogen) atoms. The summed E-state index contributed by atoms with van der Waals surface area (Å²) in [5.74, 6) is 0.138. The van der Waals surface area contributed by atoms with Crippen molar-refractivity contribution in [2.45, 2.75) is 30.1 Å². The van der Waals surface area contributed by atoms with Crippen LogP contribution in [0.1, 0.15) is 13.8 Å². The highest BCUT2D eigenvalue weighted by Gasteiger charge is 2.09. The van der Waals surface area contributed by atoms with Crippen LogP contribution in [0.15, 0.2) is 34.6 Å². The first-order valence-electron chi connectivity index (χ1n) is 5.40. The Morgan fingerprint density at radius 2 is 2.06 bits per heavy atom. The molecule has 0 radical (unpaired) electrons. The lowest BCUT2D eigenvalue weighted by molar-refractivity contribution is 0.219. The van der Waals surface area contributed by atoms with Crippen molar-refractivity contribution in [1.29, 1.82) is 0 Å². The van der Waals surface area contributed by atoms with Gasteiger partial charge in [-0.25, -0.2) is 4.98 Å². The van der Waals surface area contributed by atoms with Gasteiger partial charge >= 0.3 is 6.01 Å². The van der Waals surface area contributed by atoms with E-state index in [0.717, 1.165) is 5.03 Å². The molecule has 2 rings (SSSR count). The summed E-state index contributed by atoms with van der Waals surface area (Å²) in [6.45, 7) is 3.79. The normalized spacial score (nSPS) is 10.6. The fourth-order valence-corrected chi connectivity index (χ4v) is 1.87. The number of nitrogens with zero attached hydrogens (tertiary/aromatic N) is 4. The third kappa shape index (κ3) is 3.56. The Morgan fingerprint density at radius 3 is 2.72 bits per heavy atom. The molecular weight excluding hydrogens is 250 g/mol. The molecule has 2 heterocycles. The van der Waals surface area contributed by atoms with E-state index in [1.165, 1.54) is 11.8 Å². The van der Waals surface area contributed by atoms with Crippen LogP contribution in [0, 0.1) is 0 Å². The fourth-order valence-electron chi connectivity index (χ4n) is 1.16. The van der Waals surface area contributed by atoms with Crippen LogP contribution in [0.4, 0.5) is 5.95 Å². The first kappa shape index (κ1) is 12.6. The second kappa shape index (κ2) is 5.63. The van der Waals surface area contributed by atoms with Gasteiger partial charge in [0.1, 0.15) is 5.03 Å². The summed E-state index contributed by atoms with van der Waals surface area (Å²) in [7, 11) is 0. The number of anilines is 1. The Balaban J connectivity index is 2.20. The highest BCUT2D eigenvalue weighted by atomic mass is 32.2. The minimum Gasteiger partial charge on any atom is -0.461 e. The van der Waals surface area contributed by atoms with Gasteiger partial charge in [-0.1, -0.05) is 6.07 Å². The van der Waals surface area contributed by atoms with E-state index in [0.29, 0.717) is 5.16 Å². The summed E-state index contributed by atoms with van der Waals surface area (Å²) in [6.07, 6.45) is 1.69. The Kier molecular flexibility index (Phi) is 3.93. The first-order valence-corrected chi connectivity index (χ1v) is 6.22. The standard InChI is InChI=1S/C11H13N5OS/c1-7(2)17-10-14-9(12)15-11(16-10)18-8-5-3-4-6-13-8/h3-7H,1-2H3,(H2,12,14,15,16). The second-order valence-electron chi connectivity index (χ2n) is 3.70. The van der Waals surface area contributed by atoms with Gasteiger partial charge in [-0.3, -0.25) is 0 Å². The molecule has 0 aliphatic heterocycles. The summed E-state index contributed by atoms with van der Waals surface area (Å²) in [4.78, 5) is 16.3. The summed E-state index contributed by atoms with van der Waals surface area (Å²) >= 11 is 1.31. The van der Waals surface area contributed by atoms with Gasteiger partial charge in [0, 0.05) is 6.20 Å². The van der Waals surface area contributed by atoms with Crippen LogP contribution in [0.5, 0.6) is 6.01 Å². The van der Waals surface area contributed by atoms with Gasteiger partial charge in [-0.2, -0.15) is 15.0 Å². The molecule has 0 unspecified atom stereocenters. The van der Waals surface area contributed by atoms with E-state index in [4.69, 9.17) is 10.5 Å². The van der Waals surface area contributed by atoms with E-state index in [9.17, 15) is 0 Å². The molecule has 0 atom stereocenters. The van der Waals surface area contributed by atoms with Crippen LogP contribution in [0.3, 0.4) is 0 Å². The summed E-state index contributed by atoms with van der Waals surface area (Å²) in [6, 6.07) is 5.84. The van der Waals surface area contributed by atoms with Crippen LogP contribution < -0.4 is 10.5 Å². The zero-order valence-corrected chi connectivity index (χ0v) is 10.9. The molecule has 0 aromatic carbocycles. The largest absolute Gasteiger partial charge is 0.461 e. The maximum atomic E-state index is 5.61. The average molecular weight is 263 g/mol. The zero-order chi connectivity index (χ0) is 13.0. The predicted octanol–water partition coefficient (Wildman–Crippen LogP) is 1.79. The number of nitrogen functional groups attached to an aromatic ring is 1. The van der Waals surface area contributed by atoms with E-state index < -0.39 is 0 Å². The lowest BCUT2D eigenvalue weighted by atomic mass is 10.5. The van der Waals surface area contributed by atoms with Crippen LogP contribution >= 0.6 is 11.8 Å². The Bertz CT molecular complexity index is 520. The van der Waals surface area contributed by atoms with E-state index >= 15 is 0 Å². The molecule has 0 bridgehead atoms. The van der Waals surface area contributed by atoms with Crippen molar-refractivity contribution in [2.75, 3.05) is 5.73 Å². The molecule has 0 spiro atoms. The number of rotatable bonds is 4. The van der Waals surface area contributed by atoms with E-state index in [1.807, 2.05) is 32.0 Å². The van der Waals surface area contributed by atoms with Gasteiger partial charge in [-0.05, 0) is 37.7 Å². The third-order valence-electron chi connectivity index (χ3n) is 1.79. The van der Waals surface area contributed by atoms with Crippen molar-refractivity contribution in [1.82, 2.24) is 19.9 Å². The highest BCUT2D eigenvalue weighted by molar-refractivity contribution is 7.99. The van der Waals surface area contributed by atoms with Crippen molar-refractivity contribution in [3.63, 3.8) is 0 Å². The monoisotopic (exact) mass is 263 g/mol. The lowest BCUT2D eigenvalue weighted by Crippen LogP contribution is -2.10. The van der Waals surface area contributed by atoms with Gasteiger partial charge < -0.3 is 10.5 Å². The minimum absolute atomic E-state index is 0.0144. The zero-order valence-electron chi connectivity index (χ0n) is 10.1. The van der Waals surface area contributed by atoms with E-state index in [1.54, 1.807) is 6.20 Å². The van der Waals surface area contributed by atoms with Gasteiger partial charge in [0.25, 0.3) is 0 Å². The smallest absolute Gasteiger partial charge is 0.322 e. The Morgan fingerprint density at radius 1 is 1.22 bits per heavy atom.